The molecule has 0 bridgehead atoms. The molecule has 0 saturated heterocycles. The Morgan fingerprint density at radius 3 is 2.24 bits per heavy atom. The van der Waals surface area contributed by atoms with Crippen molar-refractivity contribution in [2.45, 2.75) is 110 Å². The Hall–Kier alpha value is -2.45. The molecule has 45 heavy (non-hydrogen) atoms. The molecule has 254 valence electrons. The van der Waals surface area contributed by atoms with Gasteiger partial charge in [0.15, 0.2) is 9.84 Å². The van der Waals surface area contributed by atoms with Crippen LogP contribution in [-0.2, 0) is 25.8 Å². The summed E-state index contributed by atoms with van der Waals surface area (Å²) in [4.78, 5) is 29.4. The number of terminal acetylenes is 1. The Labute approximate surface area is 271 Å². The minimum Gasteiger partial charge on any atom is -0.390 e. The molecule has 0 aromatic heterocycles. The van der Waals surface area contributed by atoms with Crippen LogP contribution in [0.2, 0.25) is 0 Å². The molecule has 4 N–H and O–H groups in total. The Bertz CT molecular complexity index is 1160. The molecular formula is C35H57N3O6S. The molecule has 1 aromatic rings. The summed E-state index contributed by atoms with van der Waals surface area (Å²) >= 11 is 0. The van der Waals surface area contributed by atoms with Crippen molar-refractivity contribution in [2.75, 3.05) is 31.1 Å². The molecule has 0 radical (unpaired) electrons. The third kappa shape index (κ3) is 14.2. The van der Waals surface area contributed by atoms with Gasteiger partial charge in [-0.15, -0.1) is 12.3 Å². The standard InChI is InChI=1S/C35H57N3O6S/c1-6-15-30(35(42)37-31(24-28-18-13-10-14-19-28)33(40)32(39)22-26(4)5)36-34(41)29(23-27-16-11-9-12-17-27)25-45(43,44)21-20-38(7-2)8-3/h1,9,11-12,16-17,26,28-33,39-40H,7-8,10,13-15,18-25H2,2-5H3,(H,36,41)(H,37,42)/t29?,30-,31?,32?,33+/m0/s1. The van der Waals surface area contributed by atoms with Crippen molar-refractivity contribution < 1.29 is 28.2 Å². The second kappa shape index (κ2) is 19.9. The maximum atomic E-state index is 13.7. The molecule has 1 aliphatic rings. The van der Waals surface area contributed by atoms with Gasteiger partial charge in [0.2, 0.25) is 11.8 Å². The number of carbonyl (C=O) groups excluding carboxylic acids is 2. The predicted octanol–water partition coefficient (Wildman–Crippen LogP) is 3.33. The van der Waals surface area contributed by atoms with E-state index in [1.54, 1.807) is 0 Å². The zero-order chi connectivity index (χ0) is 33.4. The van der Waals surface area contributed by atoms with E-state index >= 15 is 0 Å². The fourth-order valence-electron chi connectivity index (χ4n) is 6.18. The van der Waals surface area contributed by atoms with Crippen LogP contribution in [-0.4, -0.2) is 90.8 Å². The number of sulfone groups is 1. The number of benzene rings is 1. The van der Waals surface area contributed by atoms with Crippen LogP contribution in [0.25, 0.3) is 0 Å². The first-order valence-corrected chi connectivity index (χ1v) is 18.6. The van der Waals surface area contributed by atoms with Gasteiger partial charge < -0.3 is 25.7 Å². The molecule has 3 unspecified atom stereocenters. The highest BCUT2D eigenvalue weighted by Gasteiger charge is 2.34. The number of hydrogen-bond donors (Lipinski definition) is 4. The lowest BCUT2D eigenvalue weighted by atomic mass is 9.82. The number of hydrogen-bond acceptors (Lipinski definition) is 7. The highest BCUT2D eigenvalue weighted by Crippen LogP contribution is 2.29. The number of amides is 2. The first kappa shape index (κ1) is 38.7. The van der Waals surface area contributed by atoms with Gasteiger partial charge in [-0.1, -0.05) is 90.1 Å². The molecule has 1 aromatic carbocycles. The van der Waals surface area contributed by atoms with Crippen molar-refractivity contribution in [3.63, 3.8) is 0 Å². The number of nitrogens with zero attached hydrogens (tertiary/aromatic N) is 1. The van der Waals surface area contributed by atoms with Crippen LogP contribution in [0.4, 0.5) is 0 Å². The minimum absolute atomic E-state index is 0.0685. The zero-order valence-electron chi connectivity index (χ0n) is 27.8. The largest absolute Gasteiger partial charge is 0.390 e. The van der Waals surface area contributed by atoms with Crippen LogP contribution < -0.4 is 10.6 Å². The van der Waals surface area contributed by atoms with Crippen LogP contribution in [0.1, 0.15) is 84.6 Å². The molecule has 0 heterocycles. The smallest absolute Gasteiger partial charge is 0.243 e. The monoisotopic (exact) mass is 647 g/mol. The molecule has 1 aliphatic carbocycles. The fourth-order valence-corrected chi connectivity index (χ4v) is 7.77. The predicted molar refractivity (Wildman–Crippen MR) is 180 cm³/mol. The molecule has 0 aliphatic heterocycles. The Morgan fingerprint density at radius 1 is 1.02 bits per heavy atom. The van der Waals surface area contributed by atoms with Crippen molar-refractivity contribution in [3.8, 4) is 12.3 Å². The van der Waals surface area contributed by atoms with E-state index in [4.69, 9.17) is 6.42 Å². The summed E-state index contributed by atoms with van der Waals surface area (Å²) < 4.78 is 26.4. The van der Waals surface area contributed by atoms with E-state index in [0.29, 0.717) is 25.3 Å². The quantitative estimate of drug-likeness (QED) is 0.160. The van der Waals surface area contributed by atoms with Crippen LogP contribution >= 0.6 is 0 Å². The number of nitrogens with one attached hydrogen (secondary N) is 2. The summed E-state index contributed by atoms with van der Waals surface area (Å²) in [6.45, 7) is 9.70. The van der Waals surface area contributed by atoms with Gasteiger partial charge in [-0.2, -0.15) is 0 Å². The third-order valence-corrected chi connectivity index (χ3v) is 10.6. The summed E-state index contributed by atoms with van der Waals surface area (Å²) in [5.74, 6) is 0.440. The second-order valence-electron chi connectivity index (χ2n) is 13.0. The molecule has 2 amide bonds. The van der Waals surface area contributed by atoms with Crippen LogP contribution in [0.3, 0.4) is 0 Å². The average Bonchev–Trinajstić information content (AvgIpc) is 3.00. The van der Waals surface area contributed by atoms with Gasteiger partial charge in [0, 0.05) is 13.0 Å². The molecule has 0 spiro atoms. The van der Waals surface area contributed by atoms with Crippen molar-refractivity contribution in [1.29, 1.82) is 0 Å². The van der Waals surface area contributed by atoms with Gasteiger partial charge in [0.1, 0.15) is 12.1 Å². The lowest BCUT2D eigenvalue weighted by Gasteiger charge is -2.33. The number of rotatable bonds is 20. The maximum Gasteiger partial charge on any atom is 0.243 e. The molecule has 1 saturated carbocycles. The Balaban J connectivity index is 2.24. The number of aliphatic hydroxyl groups excluding tert-OH is 2. The van der Waals surface area contributed by atoms with E-state index in [0.717, 1.165) is 50.8 Å². The Morgan fingerprint density at radius 2 is 1.67 bits per heavy atom. The second-order valence-corrected chi connectivity index (χ2v) is 15.3. The van der Waals surface area contributed by atoms with Gasteiger partial charge in [-0.3, -0.25) is 9.59 Å². The Kier molecular flexibility index (Phi) is 17.2. The summed E-state index contributed by atoms with van der Waals surface area (Å²) in [5, 5.41) is 27.6. The van der Waals surface area contributed by atoms with Crippen molar-refractivity contribution in [3.05, 3.63) is 35.9 Å². The van der Waals surface area contributed by atoms with Crippen molar-refractivity contribution >= 4 is 21.7 Å². The summed E-state index contributed by atoms with van der Waals surface area (Å²) in [6.07, 6.45) is 9.72. The van der Waals surface area contributed by atoms with Gasteiger partial charge >= 0.3 is 0 Å². The number of carbonyl (C=O) groups is 2. The SMILES string of the molecule is C#CC[C@H](NC(=O)C(Cc1ccccc1)CS(=O)(=O)CCN(CC)CC)C(=O)NC(CC1CCCCC1)[C@@H](O)C(O)CC(C)C. The topological polar surface area (TPSA) is 136 Å². The van der Waals surface area contributed by atoms with E-state index in [1.165, 1.54) is 0 Å². The molecule has 2 rings (SSSR count). The molecule has 10 heteroatoms. The fraction of sp³-hybridized carbons (Fsp3) is 0.714. The molecule has 1 fully saturated rings. The van der Waals surface area contributed by atoms with E-state index in [1.807, 2.05) is 62.9 Å². The van der Waals surface area contributed by atoms with Gasteiger partial charge in [0.25, 0.3) is 0 Å². The van der Waals surface area contributed by atoms with E-state index < -0.39 is 51.9 Å². The average molecular weight is 648 g/mol. The third-order valence-electron chi connectivity index (χ3n) is 8.88. The van der Waals surface area contributed by atoms with Crippen molar-refractivity contribution in [1.82, 2.24) is 15.5 Å². The van der Waals surface area contributed by atoms with Gasteiger partial charge in [-0.05, 0) is 49.8 Å². The highest BCUT2D eigenvalue weighted by atomic mass is 32.2. The van der Waals surface area contributed by atoms with E-state index in [9.17, 15) is 28.2 Å². The van der Waals surface area contributed by atoms with E-state index in [-0.39, 0.29) is 30.3 Å². The van der Waals surface area contributed by atoms with Gasteiger partial charge in [-0.25, -0.2) is 8.42 Å². The van der Waals surface area contributed by atoms with Crippen molar-refractivity contribution in [2.24, 2.45) is 17.8 Å². The van der Waals surface area contributed by atoms with Gasteiger partial charge in [0.05, 0.1) is 29.6 Å². The normalized spacial score (nSPS) is 17.7. The molecule has 9 nitrogen and oxygen atoms in total. The summed E-state index contributed by atoms with van der Waals surface area (Å²) in [6, 6.07) is 7.36. The van der Waals surface area contributed by atoms with Crippen LogP contribution in [0, 0.1) is 30.1 Å². The summed E-state index contributed by atoms with van der Waals surface area (Å²) in [7, 11) is -3.60. The van der Waals surface area contributed by atoms with E-state index in [2.05, 4.69) is 16.6 Å². The molecular weight excluding hydrogens is 590 g/mol. The summed E-state index contributed by atoms with van der Waals surface area (Å²) in [5.41, 5.74) is 0.810. The molecule has 5 atom stereocenters. The maximum absolute atomic E-state index is 13.7. The lowest BCUT2D eigenvalue weighted by molar-refractivity contribution is -0.132. The van der Waals surface area contributed by atoms with Crippen LogP contribution in [0.15, 0.2) is 30.3 Å². The minimum atomic E-state index is -3.60. The highest BCUT2D eigenvalue weighted by molar-refractivity contribution is 7.91. The zero-order valence-corrected chi connectivity index (χ0v) is 28.6. The number of aliphatic hydroxyl groups is 2. The lowest BCUT2D eigenvalue weighted by Crippen LogP contribution is -2.56. The first-order chi connectivity index (χ1) is 21.4. The van der Waals surface area contributed by atoms with Crippen LogP contribution in [0.5, 0.6) is 0 Å². The first-order valence-electron chi connectivity index (χ1n) is 16.8.